The van der Waals surface area contributed by atoms with Gasteiger partial charge < -0.3 is 94.6 Å². The highest BCUT2D eigenvalue weighted by molar-refractivity contribution is 6.10. The molecular formula is C56H70N23O10+. The molecular weight excluding hydrogens is 1150 g/mol. The van der Waals surface area contributed by atoms with Crippen molar-refractivity contribution in [3.63, 3.8) is 0 Å². The predicted octanol–water partition coefficient (Wildman–Crippen LogP) is 0.408. The SMILES string of the molecule is Cn1cc(NC(=O)c2cc(NC(=O)c3cc(NC(=O)c4cc(NC(=O)CCCNC(=O)c5nc(NC(=O)c6nc(NC(=O)c7nc(NC(=O)c8nccn8C)cn7C)cn6C)cn5C)cn4C)cn3C)cn2C)cc1C(=O)NCCC(=O)NCCC[NH+](C)C. The molecule has 0 saturated heterocycles. The zero-order chi connectivity index (χ0) is 64.4. The Hall–Kier alpha value is -11.4. The fraction of sp³-hybridized carbons (Fsp3) is 0.321. The number of rotatable bonds is 26. The fourth-order valence-electron chi connectivity index (χ4n) is 9.23. The highest BCUT2D eigenvalue weighted by Crippen LogP contribution is 2.22. The summed E-state index contributed by atoms with van der Waals surface area (Å²) in [6.07, 6.45) is 14.8. The molecule has 0 spiro atoms. The van der Waals surface area contributed by atoms with Crippen LogP contribution in [0.1, 0.15) is 110 Å². The summed E-state index contributed by atoms with van der Waals surface area (Å²) in [5.74, 6) is -4.84. The summed E-state index contributed by atoms with van der Waals surface area (Å²) in [6.45, 7) is 1.72. The third kappa shape index (κ3) is 16.1. The summed E-state index contributed by atoms with van der Waals surface area (Å²) in [4.78, 5) is 149. The molecule has 8 aromatic rings. The van der Waals surface area contributed by atoms with Crippen LogP contribution < -0.4 is 58.1 Å². The van der Waals surface area contributed by atoms with E-state index in [9.17, 15) is 47.9 Å². The number of quaternary nitrogens is 1. The average Bonchev–Trinajstić information content (AvgIpc) is 2.33. The molecule has 0 aliphatic carbocycles. The molecule has 33 nitrogen and oxygen atoms in total. The number of imidazole rings is 4. The van der Waals surface area contributed by atoms with Crippen LogP contribution in [0.3, 0.4) is 0 Å². The van der Waals surface area contributed by atoms with Gasteiger partial charge in [0.25, 0.3) is 47.3 Å². The van der Waals surface area contributed by atoms with Crippen LogP contribution >= 0.6 is 0 Å². The van der Waals surface area contributed by atoms with Crippen LogP contribution in [0.2, 0.25) is 0 Å². The molecule has 0 atom stereocenters. The van der Waals surface area contributed by atoms with Crippen LogP contribution in [0.15, 0.2) is 80.0 Å². The van der Waals surface area contributed by atoms with Gasteiger partial charge in [0.2, 0.25) is 29.3 Å². The quantitative estimate of drug-likeness (QED) is 0.0327. The smallest absolute Gasteiger partial charge is 0.292 e. The highest BCUT2D eigenvalue weighted by atomic mass is 16.2. The lowest BCUT2D eigenvalue weighted by Gasteiger charge is -2.09. The van der Waals surface area contributed by atoms with E-state index in [1.165, 1.54) is 85.9 Å². The standard InChI is InChI=1S/C56H69N23O10/c1-71(2)19-12-16-57-43(80)14-17-60-49(82)36-22-33(26-73(36)4)62-51(84)38-24-35(28-75(38)6)64-52(85)39-23-34(27-76(39)7)63-50(83)37-21-32(25-74(37)5)61-44(81)13-11-15-59-53(86)46-65-40(29-77(46)8)69-55(88)48-67-42(31-79(48)10)70-56(89)47-66-41(30-78(47)9)68-54(87)45-58-18-20-72(45)3/h18,20-31H,11-17,19H2,1-10H3,(H,57,80)(H,59,86)(H,60,82)(H,61,81)(H,62,84)(H,63,83)(H,64,85)(H,68,87)(H,69,88)(H,70,89)/p+1. The Kier molecular flexibility index (Phi) is 19.9. The third-order valence-electron chi connectivity index (χ3n) is 13.7. The van der Waals surface area contributed by atoms with Gasteiger partial charge in [0.15, 0.2) is 23.3 Å². The lowest BCUT2D eigenvalue weighted by Crippen LogP contribution is -3.05. The number of anilines is 7. The molecule has 89 heavy (non-hydrogen) atoms. The number of aryl methyl sites for hydroxylation is 8. The van der Waals surface area contributed by atoms with Crippen LogP contribution in [-0.4, -0.2) is 156 Å². The van der Waals surface area contributed by atoms with Crippen molar-refractivity contribution in [2.24, 2.45) is 56.4 Å². The van der Waals surface area contributed by atoms with Crippen molar-refractivity contribution in [1.29, 1.82) is 0 Å². The Morgan fingerprint density at radius 3 is 1.17 bits per heavy atom. The molecule has 0 fully saturated rings. The molecule has 0 bridgehead atoms. The third-order valence-corrected chi connectivity index (χ3v) is 13.7. The molecule has 468 valence electrons. The minimum atomic E-state index is -0.694. The van der Waals surface area contributed by atoms with Gasteiger partial charge in [-0.1, -0.05) is 0 Å². The molecule has 33 heteroatoms. The van der Waals surface area contributed by atoms with E-state index in [-0.39, 0.29) is 108 Å². The van der Waals surface area contributed by atoms with Crippen molar-refractivity contribution in [2.75, 3.05) is 77.5 Å². The molecule has 11 N–H and O–H groups in total. The summed E-state index contributed by atoms with van der Waals surface area (Å²) >= 11 is 0. The molecule has 8 heterocycles. The van der Waals surface area contributed by atoms with Gasteiger partial charge in [0, 0.05) is 151 Å². The van der Waals surface area contributed by atoms with Crippen molar-refractivity contribution >= 4 is 99.3 Å². The first-order chi connectivity index (χ1) is 42.3. The summed E-state index contributed by atoms with van der Waals surface area (Å²) in [5.41, 5.74) is 2.16. The zero-order valence-electron chi connectivity index (χ0n) is 50.6. The second kappa shape index (κ2) is 27.8. The van der Waals surface area contributed by atoms with Crippen molar-refractivity contribution in [2.45, 2.75) is 25.7 Å². The molecule has 0 unspecified atom stereocenters. The van der Waals surface area contributed by atoms with E-state index < -0.39 is 47.3 Å². The Bertz CT molecular complexity index is 4020. The maximum absolute atomic E-state index is 13.5. The van der Waals surface area contributed by atoms with Gasteiger partial charge in [0.05, 0.1) is 43.4 Å². The minimum absolute atomic E-state index is 0.00387. The topological polar surface area (TPSA) is 386 Å². The number of carbonyl (C=O) groups excluding carboxylic acids is 10. The van der Waals surface area contributed by atoms with Gasteiger partial charge in [0.1, 0.15) is 22.8 Å². The minimum Gasteiger partial charge on any atom is -0.356 e. The van der Waals surface area contributed by atoms with E-state index in [1.54, 1.807) is 91.9 Å². The van der Waals surface area contributed by atoms with Crippen LogP contribution in [0.5, 0.6) is 0 Å². The molecule has 8 aromatic heterocycles. The normalized spacial score (nSPS) is 11.0. The molecule has 0 aliphatic heterocycles. The van der Waals surface area contributed by atoms with Gasteiger partial charge >= 0.3 is 0 Å². The predicted molar refractivity (Wildman–Crippen MR) is 325 cm³/mol. The largest absolute Gasteiger partial charge is 0.356 e. The van der Waals surface area contributed by atoms with Crippen LogP contribution in [0, 0.1) is 0 Å². The number of amides is 10. The second-order valence-electron chi connectivity index (χ2n) is 21.2. The van der Waals surface area contributed by atoms with E-state index in [0.29, 0.717) is 29.3 Å². The van der Waals surface area contributed by atoms with E-state index in [2.05, 4.69) is 73.1 Å². The monoisotopic (exact) mass is 1220 g/mol. The summed E-state index contributed by atoms with van der Waals surface area (Å²) in [5, 5.41) is 27.2. The maximum atomic E-state index is 13.5. The van der Waals surface area contributed by atoms with E-state index in [0.717, 1.165) is 13.0 Å². The highest BCUT2D eigenvalue weighted by Gasteiger charge is 2.25. The summed E-state index contributed by atoms with van der Waals surface area (Å²) in [6, 6.07) is 5.97. The molecule has 0 saturated carbocycles. The first-order valence-electron chi connectivity index (χ1n) is 27.8. The zero-order valence-corrected chi connectivity index (χ0v) is 50.6. The van der Waals surface area contributed by atoms with Crippen LogP contribution in [0.25, 0.3) is 0 Å². The lowest BCUT2D eigenvalue weighted by atomic mass is 10.3. The molecule has 10 amide bonds. The van der Waals surface area contributed by atoms with E-state index >= 15 is 0 Å². The van der Waals surface area contributed by atoms with Gasteiger partial charge in [-0.15, -0.1) is 0 Å². The first kappa shape index (κ1) is 63.6. The van der Waals surface area contributed by atoms with Gasteiger partial charge in [-0.2, -0.15) is 0 Å². The van der Waals surface area contributed by atoms with E-state index in [4.69, 9.17) is 0 Å². The van der Waals surface area contributed by atoms with Gasteiger partial charge in [-0.05, 0) is 30.7 Å². The van der Waals surface area contributed by atoms with Crippen molar-refractivity contribution in [3.05, 3.63) is 126 Å². The Morgan fingerprint density at radius 2 is 0.753 bits per heavy atom. The average molecular weight is 1230 g/mol. The number of nitrogens with one attached hydrogen (secondary N) is 11. The number of hydrogen-bond donors (Lipinski definition) is 11. The second-order valence-corrected chi connectivity index (χ2v) is 21.2. The maximum Gasteiger partial charge on any atom is 0.292 e. The number of carbonyl (C=O) groups is 10. The van der Waals surface area contributed by atoms with Crippen molar-refractivity contribution in [1.82, 2.24) is 72.4 Å². The molecule has 0 radical (unpaired) electrons. The molecule has 0 aromatic carbocycles. The van der Waals surface area contributed by atoms with Crippen molar-refractivity contribution in [3.8, 4) is 0 Å². The fourth-order valence-corrected chi connectivity index (χ4v) is 9.23. The lowest BCUT2D eigenvalue weighted by molar-refractivity contribution is -0.858. The van der Waals surface area contributed by atoms with Gasteiger partial charge in [-0.3, -0.25) is 47.9 Å². The summed E-state index contributed by atoms with van der Waals surface area (Å²) < 4.78 is 11.8. The van der Waals surface area contributed by atoms with Gasteiger partial charge in [-0.25, -0.2) is 19.9 Å². The number of hydrogen-bond acceptors (Lipinski definition) is 14. The van der Waals surface area contributed by atoms with Crippen LogP contribution in [0.4, 0.5) is 40.2 Å². The Morgan fingerprint density at radius 1 is 0.371 bits per heavy atom. The Balaban J connectivity index is 0.747. The Labute approximate surface area is 508 Å². The first-order valence-corrected chi connectivity index (χ1v) is 27.8. The number of nitrogens with zero attached hydrogens (tertiary/aromatic N) is 12. The summed E-state index contributed by atoms with van der Waals surface area (Å²) in [7, 11) is 16.9. The van der Waals surface area contributed by atoms with E-state index in [1.807, 2.05) is 14.1 Å². The molecule has 0 aliphatic rings. The van der Waals surface area contributed by atoms with Crippen molar-refractivity contribution < 1.29 is 52.8 Å². The molecule has 8 rings (SSSR count). The number of aromatic nitrogens is 12. The van der Waals surface area contributed by atoms with Crippen LogP contribution in [-0.2, 0) is 66.0 Å².